The van der Waals surface area contributed by atoms with E-state index in [9.17, 15) is 9.59 Å². The number of benzene rings is 1. The Morgan fingerprint density at radius 3 is 2.86 bits per heavy atom. The average molecular weight is 480 g/mol. The molecule has 8 N–H and O–H groups in total. The maximum absolute atomic E-state index is 13.0. The van der Waals surface area contributed by atoms with Crippen molar-refractivity contribution in [1.29, 1.82) is 0 Å². The van der Waals surface area contributed by atoms with Gasteiger partial charge in [-0.3, -0.25) is 14.6 Å². The molecule has 3 rings (SSSR count). The van der Waals surface area contributed by atoms with Crippen LogP contribution in [0.15, 0.2) is 47.7 Å². The van der Waals surface area contributed by atoms with E-state index in [2.05, 4.69) is 20.6 Å². The second-order valence-electron chi connectivity index (χ2n) is 8.31. The lowest BCUT2D eigenvalue weighted by Crippen LogP contribution is -2.41. The fourth-order valence-electron chi connectivity index (χ4n) is 4.00. The molecule has 2 aromatic rings. The van der Waals surface area contributed by atoms with E-state index in [0.717, 1.165) is 24.8 Å². The van der Waals surface area contributed by atoms with Crippen LogP contribution in [0.2, 0.25) is 0 Å². The summed E-state index contributed by atoms with van der Waals surface area (Å²) in [5, 5.41) is 5.88. The first-order chi connectivity index (χ1) is 16.9. The van der Waals surface area contributed by atoms with Gasteiger partial charge in [0.15, 0.2) is 0 Å². The zero-order chi connectivity index (χ0) is 25.2. The second-order valence-corrected chi connectivity index (χ2v) is 8.31. The molecule has 0 aliphatic heterocycles. The number of ether oxygens (including phenoxy) is 1. The maximum Gasteiger partial charge on any atom is 0.255 e. The molecule has 1 heterocycles. The van der Waals surface area contributed by atoms with Crippen LogP contribution in [0.5, 0.6) is 0 Å². The van der Waals surface area contributed by atoms with Gasteiger partial charge < -0.3 is 32.6 Å². The smallest absolute Gasteiger partial charge is 0.255 e. The molecule has 2 atom stereocenters. The standard InChI is InChI=1S/C25H33N7O3/c1-29-13-18(12-27)17-11-20(24(28)30-14-17)25(34)32-21-6-3-7-22(21)35-15-16-4-2-5-19(10-16)31-23(33)8-9-26/h2,4-5,10-14,21-22H,3,6-9,15,26-27H2,1H3,(H2,28,30)(H,31,33)(H,32,34)/b18-12+,29-13?/t21-,22-/m0/s1. The predicted octanol–water partition coefficient (Wildman–Crippen LogP) is 1.82. The molecular formula is C25H33N7O3. The number of aromatic nitrogens is 1. The third-order valence-corrected chi connectivity index (χ3v) is 5.76. The van der Waals surface area contributed by atoms with Gasteiger partial charge in [-0.15, -0.1) is 0 Å². The first-order valence-corrected chi connectivity index (χ1v) is 11.6. The summed E-state index contributed by atoms with van der Waals surface area (Å²) in [7, 11) is 1.64. The van der Waals surface area contributed by atoms with E-state index < -0.39 is 0 Å². The van der Waals surface area contributed by atoms with Gasteiger partial charge in [-0.05, 0) is 43.0 Å². The van der Waals surface area contributed by atoms with Crippen LogP contribution in [0, 0.1) is 0 Å². The summed E-state index contributed by atoms with van der Waals surface area (Å²) in [6.07, 6.45) is 7.25. The molecule has 1 aliphatic rings. The number of carbonyl (C=O) groups is 2. The molecule has 1 aromatic heterocycles. The number of hydrogen-bond donors (Lipinski definition) is 5. The molecule has 0 bridgehead atoms. The van der Waals surface area contributed by atoms with Crippen molar-refractivity contribution in [2.24, 2.45) is 16.5 Å². The normalized spacial score (nSPS) is 18.1. The molecule has 10 nitrogen and oxygen atoms in total. The van der Waals surface area contributed by atoms with E-state index in [4.69, 9.17) is 21.9 Å². The van der Waals surface area contributed by atoms with Crippen LogP contribution in [0.1, 0.15) is 47.2 Å². The lowest BCUT2D eigenvalue weighted by molar-refractivity contribution is -0.116. The van der Waals surface area contributed by atoms with E-state index in [1.807, 2.05) is 24.3 Å². The molecule has 1 fully saturated rings. The number of anilines is 2. The van der Waals surface area contributed by atoms with E-state index in [0.29, 0.717) is 30.0 Å². The van der Waals surface area contributed by atoms with Crippen molar-refractivity contribution < 1.29 is 14.3 Å². The number of nitrogens with one attached hydrogen (secondary N) is 2. The van der Waals surface area contributed by atoms with Crippen molar-refractivity contribution in [3.8, 4) is 0 Å². The van der Waals surface area contributed by atoms with Gasteiger partial charge in [0, 0.05) is 55.4 Å². The summed E-state index contributed by atoms with van der Waals surface area (Å²) in [6, 6.07) is 8.99. The number of nitrogens with zero attached hydrogens (tertiary/aromatic N) is 2. The Kier molecular flexibility index (Phi) is 9.33. The molecule has 1 aromatic carbocycles. The van der Waals surface area contributed by atoms with Gasteiger partial charge in [0.2, 0.25) is 5.91 Å². The van der Waals surface area contributed by atoms with E-state index in [1.54, 1.807) is 25.5 Å². The number of allylic oxidation sites excluding steroid dienone is 1. The third kappa shape index (κ3) is 7.11. The van der Waals surface area contributed by atoms with Gasteiger partial charge in [-0.1, -0.05) is 12.1 Å². The fourth-order valence-corrected chi connectivity index (χ4v) is 4.00. The van der Waals surface area contributed by atoms with Crippen LogP contribution in [-0.4, -0.2) is 48.8 Å². The maximum atomic E-state index is 13.0. The van der Waals surface area contributed by atoms with Crippen molar-refractivity contribution in [2.45, 2.75) is 44.4 Å². The number of pyridine rings is 1. The highest BCUT2D eigenvalue weighted by Crippen LogP contribution is 2.25. The van der Waals surface area contributed by atoms with Gasteiger partial charge >= 0.3 is 0 Å². The largest absolute Gasteiger partial charge is 0.404 e. The molecule has 0 unspecified atom stereocenters. The van der Waals surface area contributed by atoms with E-state index in [-0.39, 0.29) is 41.8 Å². The molecule has 10 heteroatoms. The second kappa shape index (κ2) is 12.6. The predicted molar refractivity (Wildman–Crippen MR) is 138 cm³/mol. The lowest BCUT2D eigenvalue weighted by atomic mass is 10.1. The summed E-state index contributed by atoms with van der Waals surface area (Å²) < 4.78 is 6.15. The Morgan fingerprint density at radius 1 is 1.29 bits per heavy atom. The Bertz CT molecular complexity index is 1100. The number of carbonyl (C=O) groups excluding carboxylic acids is 2. The molecule has 2 amide bonds. The van der Waals surface area contributed by atoms with Crippen LogP contribution in [0.4, 0.5) is 11.5 Å². The van der Waals surface area contributed by atoms with Crippen molar-refractivity contribution in [3.63, 3.8) is 0 Å². The van der Waals surface area contributed by atoms with Gasteiger partial charge in [0.1, 0.15) is 5.82 Å². The van der Waals surface area contributed by atoms with E-state index in [1.165, 1.54) is 6.20 Å². The van der Waals surface area contributed by atoms with Gasteiger partial charge in [0.25, 0.3) is 5.91 Å². The van der Waals surface area contributed by atoms with Crippen LogP contribution in [0.25, 0.3) is 5.57 Å². The first-order valence-electron chi connectivity index (χ1n) is 11.6. The number of rotatable bonds is 10. The highest BCUT2D eigenvalue weighted by molar-refractivity contribution is 6.10. The number of nitrogen functional groups attached to an aromatic ring is 1. The zero-order valence-corrected chi connectivity index (χ0v) is 19.9. The number of aliphatic imine (C=N–C) groups is 1. The summed E-state index contributed by atoms with van der Waals surface area (Å²) in [4.78, 5) is 33.0. The minimum absolute atomic E-state index is 0.127. The summed E-state index contributed by atoms with van der Waals surface area (Å²) in [5.41, 5.74) is 20.3. The number of amides is 2. The summed E-state index contributed by atoms with van der Waals surface area (Å²) in [6.45, 7) is 0.658. The Hall–Kier alpha value is -3.76. The molecule has 0 saturated heterocycles. The topological polar surface area (TPSA) is 171 Å². The number of hydrogen-bond acceptors (Lipinski definition) is 8. The summed E-state index contributed by atoms with van der Waals surface area (Å²) in [5.74, 6) is -0.301. The Morgan fingerprint density at radius 2 is 2.11 bits per heavy atom. The highest BCUT2D eigenvalue weighted by Gasteiger charge is 2.30. The zero-order valence-electron chi connectivity index (χ0n) is 19.9. The molecule has 1 saturated carbocycles. The molecule has 0 radical (unpaired) electrons. The average Bonchev–Trinajstić information content (AvgIpc) is 3.28. The van der Waals surface area contributed by atoms with Gasteiger partial charge in [-0.2, -0.15) is 0 Å². The van der Waals surface area contributed by atoms with Crippen LogP contribution < -0.4 is 27.8 Å². The third-order valence-electron chi connectivity index (χ3n) is 5.76. The van der Waals surface area contributed by atoms with Crippen LogP contribution in [0.3, 0.4) is 0 Å². The van der Waals surface area contributed by atoms with E-state index >= 15 is 0 Å². The Balaban J connectivity index is 1.63. The van der Waals surface area contributed by atoms with Crippen LogP contribution >= 0.6 is 0 Å². The lowest BCUT2D eigenvalue weighted by Gasteiger charge is -2.22. The monoisotopic (exact) mass is 479 g/mol. The van der Waals surface area contributed by atoms with Crippen molar-refractivity contribution in [1.82, 2.24) is 10.3 Å². The molecule has 35 heavy (non-hydrogen) atoms. The Labute approximate surface area is 205 Å². The van der Waals surface area contributed by atoms with Gasteiger partial charge in [0.05, 0.1) is 24.3 Å². The summed E-state index contributed by atoms with van der Waals surface area (Å²) >= 11 is 0. The fraction of sp³-hybridized carbons (Fsp3) is 0.360. The van der Waals surface area contributed by atoms with Gasteiger partial charge in [-0.25, -0.2) is 4.98 Å². The molecule has 0 spiro atoms. The van der Waals surface area contributed by atoms with Crippen LogP contribution in [-0.2, 0) is 16.1 Å². The number of nitrogens with two attached hydrogens (primary N) is 3. The molecular weight excluding hydrogens is 446 g/mol. The van der Waals surface area contributed by atoms with Crippen molar-refractivity contribution in [3.05, 3.63) is 59.4 Å². The van der Waals surface area contributed by atoms with Crippen molar-refractivity contribution in [2.75, 3.05) is 24.6 Å². The highest BCUT2D eigenvalue weighted by atomic mass is 16.5. The quantitative estimate of drug-likeness (QED) is 0.323. The first kappa shape index (κ1) is 25.9. The SMILES string of the molecule is CN=C/C(=C\N)c1cnc(N)c(C(=O)N[C@H]2CCC[C@@H]2OCc2cccc(NC(=O)CCN)c2)c1. The minimum atomic E-state index is -0.313. The molecule has 1 aliphatic carbocycles. The molecule has 186 valence electrons. The van der Waals surface area contributed by atoms with Crippen molar-refractivity contribution >= 4 is 35.1 Å². The minimum Gasteiger partial charge on any atom is -0.404 e.